The molecule has 2 heterocycles. The average molecular weight is 348 g/mol. The number of aromatic nitrogens is 4. The number of carboxylic acids is 1. The Bertz CT molecular complexity index is 694. The number of hydrogen-bond donors (Lipinski definition) is 1. The second-order valence-corrected chi connectivity index (χ2v) is 4.69. The van der Waals surface area contributed by atoms with E-state index >= 15 is 0 Å². The monoisotopic (exact) mass is 348 g/mol. The van der Waals surface area contributed by atoms with Crippen molar-refractivity contribution in [3.8, 4) is 11.4 Å². The standard InChI is InChI=1S/C13H12F4N4O3/c14-12(15)13(16,17)7-24-6-9-19-11(8-1-3-18-4-2-8)20-21(9)5-10(22)23/h1-4,12H,5-7H2,(H,22,23). The van der Waals surface area contributed by atoms with Crippen LogP contribution in [-0.2, 0) is 22.7 Å². The van der Waals surface area contributed by atoms with E-state index in [1.807, 2.05) is 0 Å². The highest BCUT2D eigenvalue weighted by atomic mass is 19.3. The number of alkyl halides is 4. The van der Waals surface area contributed by atoms with Gasteiger partial charge in [-0.15, -0.1) is 0 Å². The second-order valence-electron chi connectivity index (χ2n) is 4.69. The highest BCUT2D eigenvalue weighted by Gasteiger charge is 2.41. The van der Waals surface area contributed by atoms with E-state index in [4.69, 9.17) is 5.11 Å². The molecule has 2 rings (SSSR count). The van der Waals surface area contributed by atoms with Gasteiger partial charge < -0.3 is 9.84 Å². The van der Waals surface area contributed by atoms with Gasteiger partial charge in [0, 0.05) is 18.0 Å². The van der Waals surface area contributed by atoms with Crippen LogP contribution in [0.3, 0.4) is 0 Å². The molecule has 7 nitrogen and oxygen atoms in total. The Morgan fingerprint density at radius 1 is 1.33 bits per heavy atom. The molecule has 11 heteroatoms. The summed E-state index contributed by atoms with van der Waals surface area (Å²) in [7, 11) is 0. The third kappa shape index (κ3) is 4.47. The smallest absolute Gasteiger partial charge is 0.330 e. The summed E-state index contributed by atoms with van der Waals surface area (Å²) in [6, 6.07) is 3.13. The highest BCUT2D eigenvalue weighted by Crippen LogP contribution is 2.23. The molecular formula is C13H12F4N4O3. The zero-order valence-electron chi connectivity index (χ0n) is 12.1. The van der Waals surface area contributed by atoms with E-state index in [-0.39, 0.29) is 11.6 Å². The quantitative estimate of drug-likeness (QED) is 0.732. The van der Waals surface area contributed by atoms with Crippen molar-refractivity contribution in [1.82, 2.24) is 19.7 Å². The lowest BCUT2D eigenvalue weighted by molar-refractivity contribution is -0.168. The van der Waals surface area contributed by atoms with E-state index < -0.39 is 38.1 Å². The first-order chi connectivity index (χ1) is 11.3. The molecule has 0 unspecified atom stereocenters. The van der Waals surface area contributed by atoms with Gasteiger partial charge >= 0.3 is 18.3 Å². The molecule has 0 atom stereocenters. The molecule has 1 N–H and O–H groups in total. The molecule has 0 radical (unpaired) electrons. The topological polar surface area (TPSA) is 90.1 Å². The van der Waals surface area contributed by atoms with Gasteiger partial charge in [0.15, 0.2) is 11.6 Å². The fourth-order valence-electron chi connectivity index (χ4n) is 1.70. The minimum Gasteiger partial charge on any atom is -0.480 e. The largest absolute Gasteiger partial charge is 0.480 e. The third-order valence-electron chi connectivity index (χ3n) is 2.82. The number of carbonyl (C=O) groups is 1. The van der Waals surface area contributed by atoms with Gasteiger partial charge in [-0.3, -0.25) is 9.78 Å². The number of hydrogen-bond acceptors (Lipinski definition) is 5. The SMILES string of the molecule is O=C(O)Cn1nc(-c2ccncc2)nc1COCC(F)(F)C(F)F. The van der Waals surface area contributed by atoms with Crippen LogP contribution in [0.4, 0.5) is 17.6 Å². The van der Waals surface area contributed by atoms with Gasteiger partial charge in [0.2, 0.25) is 0 Å². The van der Waals surface area contributed by atoms with E-state index in [0.717, 1.165) is 4.68 Å². The van der Waals surface area contributed by atoms with Gasteiger partial charge in [-0.2, -0.15) is 13.9 Å². The number of rotatable bonds is 8. The van der Waals surface area contributed by atoms with E-state index in [0.29, 0.717) is 5.56 Å². The van der Waals surface area contributed by atoms with Gasteiger partial charge in [0.1, 0.15) is 19.8 Å². The number of pyridine rings is 1. The molecule has 0 aliphatic rings. The van der Waals surface area contributed by atoms with Gasteiger partial charge in [0.05, 0.1) is 0 Å². The minimum absolute atomic E-state index is 0.0747. The molecule has 0 aliphatic carbocycles. The van der Waals surface area contributed by atoms with E-state index in [9.17, 15) is 22.4 Å². The fourth-order valence-corrected chi connectivity index (χ4v) is 1.70. The first-order valence-electron chi connectivity index (χ1n) is 6.59. The van der Waals surface area contributed by atoms with E-state index in [2.05, 4.69) is 19.8 Å². The summed E-state index contributed by atoms with van der Waals surface area (Å²) >= 11 is 0. The first kappa shape index (κ1) is 17.8. The lowest BCUT2D eigenvalue weighted by Crippen LogP contribution is -2.32. The lowest BCUT2D eigenvalue weighted by Gasteiger charge is -2.14. The summed E-state index contributed by atoms with van der Waals surface area (Å²) in [5, 5.41) is 12.8. The molecule has 0 fully saturated rings. The summed E-state index contributed by atoms with van der Waals surface area (Å²) in [6.45, 7) is -2.69. The zero-order valence-corrected chi connectivity index (χ0v) is 12.1. The van der Waals surface area contributed by atoms with Gasteiger partial charge in [-0.1, -0.05) is 0 Å². The molecule has 0 bridgehead atoms. The average Bonchev–Trinajstić information content (AvgIpc) is 2.90. The number of halogens is 4. The Hall–Kier alpha value is -2.56. The van der Waals surface area contributed by atoms with Crippen LogP contribution >= 0.6 is 0 Å². The molecule has 0 saturated carbocycles. The predicted molar refractivity (Wildman–Crippen MR) is 71.5 cm³/mol. The van der Waals surface area contributed by atoms with Crippen molar-refractivity contribution in [3.05, 3.63) is 30.4 Å². The third-order valence-corrected chi connectivity index (χ3v) is 2.82. The van der Waals surface area contributed by atoms with Crippen LogP contribution in [0.5, 0.6) is 0 Å². The van der Waals surface area contributed by atoms with Gasteiger partial charge in [-0.05, 0) is 12.1 Å². The van der Waals surface area contributed by atoms with Crippen LogP contribution in [0.15, 0.2) is 24.5 Å². The van der Waals surface area contributed by atoms with Crippen LogP contribution in [0.1, 0.15) is 5.82 Å². The molecule has 0 amide bonds. The Labute approximate surface area is 132 Å². The molecule has 130 valence electrons. The molecule has 0 aliphatic heterocycles. The van der Waals surface area contributed by atoms with Crippen molar-refractivity contribution in [3.63, 3.8) is 0 Å². The Balaban J connectivity index is 2.15. The zero-order chi connectivity index (χ0) is 17.7. The fraction of sp³-hybridized carbons (Fsp3) is 0.385. The van der Waals surface area contributed by atoms with Crippen molar-refractivity contribution in [2.45, 2.75) is 25.5 Å². The maximum Gasteiger partial charge on any atom is 0.330 e. The number of ether oxygens (including phenoxy) is 1. The van der Waals surface area contributed by atoms with Crippen molar-refractivity contribution < 1.29 is 32.2 Å². The van der Waals surface area contributed by atoms with Crippen molar-refractivity contribution in [2.24, 2.45) is 0 Å². The summed E-state index contributed by atoms with van der Waals surface area (Å²) < 4.78 is 55.3. The van der Waals surface area contributed by atoms with E-state index in [1.165, 1.54) is 12.4 Å². The molecule has 0 saturated heterocycles. The summed E-state index contributed by atoms with van der Waals surface area (Å²) in [5.74, 6) is -5.47. The molecule has 0 aromatic carbocycles. The number of aliphatic carboxylic acids is 1. The highest BCUT2D eigenvalue weighted by molar-refractivity contribution is 5.66. The van der Waals surface area contributed by atoms with Crippen molar-refractivity contribution >= 4 is 5.97 Å². The minimum atomic E-state index is -4.30. The van der Waals surface area contributed by atoms with Gasteiger partial charge in [-0.25, -0.2) is 18.4 Å². The molecule has 24 heavy (non-hydrogen) atoms. The molecular weight excluding hydrogens is 336 g/mol. The van der Waals surface area contributed by atoms with Crippen molar-refractivity contribution in [2.75, 3.05) is 6.61 Å². The Kier molecular flexibility index (Phi) is 5.44. The predicted octanol–water partition coefficient (Wildman–Crippen LogP) is 1.84. The Morgan fingerprint density at radius 2 is 2.00 bits per heavy atom. The van der Waals surface area contributed by atoms with Crippen molar-refractivity contribution in [1.29, 1.82) is 0 Å². The van der Waals surface area contributed by atoms with Gasteiger partial charge in [0.25, 0.3) is 0 Å². The van der Waals surface area contributed by atoms with Crippen LogP contribution in [0.25, 0.3) is 11.4 Å². The van der Waals surface area contributed by atoms with Crippen LogP contribution < -0.4 is 0 Å². The molecule has 0 spiro atoms. The second kappa shape index (κ2) is 7.34. The van der Waals surface area contributed by atoms with Crippen LogP contribution in [0, 0.1) is 0 Å². The number of nitrogens with zero attached hydrogens (tertiary/aromatic N) is 4. The lowest BCUT2D eigenvalue weighted by atomic mass is 10.2. The summed E-state index contributed by atoms with van der Waals surface area (Å²) in [6.07, 6.45) is -0.930. The Morgan fingerprint density at radius 3 is 2.58 bits per heavy atom. The number of carboxylic acid groups (broad SMARTS) is 1. The molecule has 2 aromatic rings. The van der Waals surface area contributed by atoms with Crippen LogP contribution in [-0.4, -0.2) is 49.8 Å². The maximum absolute atomic E-state index is 12.8. The van der Waals surface area contributed by atoms with E-state index in [1.54, 1.807) is 12.1 Å². The normalized spacial score (nSPS) is 11.9. The molecule has 2 aromatic heterocycles. The maximum atomic E-state index is 12.8. The summed E-state index contributed by atoms with van der Waals surface area (Å²) in [4.78, 5) is 18.6. The summed E-state index contributed by atoms with van der Waals surface area (Å²) in [5.41, 5.74) is 0.522. The first-order valence-corrected chi connectivity index (χ1v) is 6.59. The van der Waals surface area contributed by atoms with Crippen LogP contribution in [0.2, 0.25) is 0 Å².